The second-order valence-corrected chi connectivity index (χ2v) is 9.19. The fourth-order valence-electron chi connectivity index (χ4n) is 4.53. The topological polar surface area (TPSA) is 117 Å². The van der Waals surface area contributed by atoms with Gasteiger partial charge in [0.05, 0.1) is 22.6 Å². The molecule has 1 aliphatic rings. The summed E-state index contributed by atoms with van der Waals surface area (Å²) in [5.41, 5.74) is 0.721. The number of nitro groups is 1. The van der Waals surface area contributed by atoms with Crippen LogP contribution in [0.5, 0.6) is 11.5 Å². The van der Waals surface area contributed by atoms with E-state index in [0.29, 0.717) is 0 Å². The molecule has 0 fully saturated rings. The van der Waals surface area contributed by atoms with Crippen LogP contribution in [0, 0.1) is 28.7 Å². The Kier molecular flexibility index (Phi) is 6.46. The molecule has 10 nitrogen and oxygen atoms in total. The van der Waals surface area contributed by atoms with Gasteiger partial charge in [0.1, 0.15) is 40.6 Å². The normalized spacial score (nSPS) is 14.4. The molecule has 5 rings (SSSR count). The summed E-state index contributed by atoms with van der Waals surface area (Å²) < 4.78 is 41.5. The SMILES string of the molecule is Cc1nc2c(O[C@H]3CCOc4cc(F)cc(F)c43)cc(C(=O)N(C)C)cc2n1C(=O)c1ccc([N+](=O)[O-])cc1. The molecule has 0 unspecified atom stereocenters. The molecule has 1 aliphatic heterocycles. The molecule has 1 aromatic heterocycles. The molecule has 0 N–H and O–H groups in total. The van der Waals surface area contributed by atoms with Crippen LogP contribution in [0.2, 0.25) is 0 Å². The summed E-state index contributed by atoms with van der Waals surface area (Å²) in [6.45, 7) is 1.73. The number of hydrogen-bond donors (Lipinski definition) is 0. The summed E-state index contributed by atoms with van der Waals surface area (Å²) >= 11 is 0. The molecule has 2 heterocycles. The molecule has 0 aliphatic carbocycles. The van der Waals surface area contributed by atoms with Crippen molar-refractivity contribution < 1.29 is 32.8 Å². The Morgan fingerprint density at radius 3 is 2.51 bits per heavy atom. The van der Waals surface area contributed by atoms with Gasteiger partial charge in [0, 0.05) is 55.9 Å². The number of imidazole rings is 1. The van der Waals surface area contributed by atoms with Crippen LogP contribution in [-0.2, 0) is 0 Å². The third-order valence-electron chi connectivity index (χ3n) is 6.36. The number of carbonyl (C=O) groups is 2. The predicted molar refractivity (Wildman–Crippen MR) is 135 cm³/mol. The van der Waals surface area contributed by atoms with Crippen molar-refractivity contribution in [2.75, 3.05) is 20.7 Å². The van der Waals surface area contributed by atoms with Crippen LogP contribution in [-0.4, -0.2) is 51.9 Å². The van der Waals surface area contributed by atoms with E-state index in [4.69, 9.17) is 9.47 Å². The van der Waals surface area contributed by atoms with Crippen molar-refractivity contribution >= 4 is 28.5 Å². The van der Waals surface area contributed by atoms with Crippen LogP contribution in [0.1, 0.15) is 44.6 Å². The van der Waals surface area contributed by atoms with Gasteiger partial charge in [0.2, 0.25) is 0 Å². The third-order valence-corrected chi connectivity index (χ3v) is 6.36. The number of aryl methyl sites for hydroxylation is 1. The van der Waals surface area contributed by atoms with Gasteiger partial charge in [-0.05, 0) is 31.2 Å². The second-order valence-electron chi connectivity index (χ2n) is 9.19. The molecule has 4 aromatic rings. The number of aromatic nitrogens is 2. The zero-order valence-corrected chi connectivity index (χ0v) is 21.1. The molecule has 0 saturated carbocycles. The maximum absolute atomic E-state index is 14.8. The van der Waals surface area contributed by atoms with Crippen LogP contribution in [0.4, 0.5) is 14.5 Å². The van der Waals surface area contributed by atoms with Crippen molar-refractivity contribution in [2.24, 2.45) is 0 Å². The van der Waals surface area contributed by atoms with E-state index in [1.54, 1.807) is 21.0 Å². The van der Waals surface area contributed by atoms with Crippen molar-refractivity contribution in [1.82, 2.24) is 14.5 Å². The van der Waals surface area contributed by atoms with E-state index >= 15 is 0 Å². The first-order valence-electron chi connectivity index (χ1n) is 11.9. The summed E-state index contributed by atoms with van der Waals surface area (Å²) in [5.74, 6) is -2.10. The molecule has 1 amide bonds. The number of benzene rings is 3. The summed E-state index contributed by atoms with van der Waals surface area (Å²) in [7, 11) is 3.13. The number of non-ortho nitro benzene ring substituents is 1. The second kappa shape index (κ2) is 9.78. The molecule has 39 heavy (non-hydrogen) atoms. The largest absolute Gasteiger partial charge is 0.493 e. The Hall–Kier alpha value is -4.87. The molecular weight excluding hydrogens is 514 g/mol. The van der Waals surface area contributed by atoms with Crippen molar-refractivity contribution in [3.05, 3.63) is 92.8 Å². The first-order chi connectivity index (χ1) is 18.5. The number of nitrogens with zero attached hydrogens (tertiary/aromatic N) is 4. The van der Waals surface area contributed by atoms with Crippen molar-refractivity contribution in [3.8, 4) is 11.5 Å². The number of hydrogen-bond acceptors (Lipinski definition) is 7. The third kappa shape index (κ3) is 4.65. The van der Waals surface area contributed by atoms with E-state index in [-0.39, 0.29) is 69.7 Å². The van der Waals surface area contributed by atoms with Gasteiger partial charge in [-0.1, -0.05) is 0 Å². The fourth-order valence-corrected chi connectivity index (χ4v) is 4.53. The molecule has 0 spiro atoms. The highest BCUT2D eigenvalue weighted by Gasteiger charge is 2.30. The lowest BCUT2D eigenvalue weighted by molar-refractivity contribution is -0.384. The molecular formula is C27H22F2N4O6. The smallest absolute Gasteiger partial charge is 0.269 e. The van der Waals surface area contributed by atoms with E-state index in [0.717, 1.165) is 12.1 Å². The quantitative estimate of drug-likeness (QED) is 0.265. The Morgan fingerprint density at radius 1 is 1.13 bits per heavy atom. The van der Waals surface area contributed by atoms with Gasteiger partial charge < -0.3 is 14.4 Å². The lowest BCUT2D eigenvalue weighted by Crippen LogP contribution is -2.23. The highest BCUT2D eigenvalue weighted by atomic mass is 19.1. The van der Waals surface area contributed by atoms with Gasteiger partial charge >= 0.3 is 0 Å². The minimum Gasteiger partial charge on any atom is -0.493 e. The maximum atomic E-state index is 14.8. The first kappa shape index (κ1) is 25.8. The van der Waals surface area contributed by atoms with Crippen molar-refractivity contribution in [2.45, 2.75) is 19.4 Å². The summed E-state index contributed by atoms with van der Waals surface area (Å²) in [6, 6.07) is 9.90. The average molecular weight is 536 g/mol. The highest BCUT2D eigenvalue weighted by molar-refractivity contribution is 6.05. The van der Waals surface area contributed by atoms with Crippen LogP contribution in [0.15, 0.2) is 48.5 Å². The van der Waals surface area contributed by atoms with Crippen LogP contribution >= 0.6 is 0 Å². The predicted octanol–water partition coefficient (Wildman–Crippen LogP) is 4.82. The Morgan fingerprint density at radius 2 is 1.85 bits per heavy atom. The van der Waals surface area contributed by atoms with Crippen LogP contribution in [0.3, 0.4) is 0 Å². The number of carbonyl (C=O) groups excluding carboxylic acids is 2. The molecule has 0 bridgehead atoms. The van der Waals surface area contributed by atoms with Gasteiger partial charge in [-0.15, -0.1) is 0 Å². The first-order valence-corrected chi connectivity index (χ1v) is 11.9. The van der Waals surface area contributed by atoms with E-state index in [1.807, 2.05) is 0 Å². The zero-order chi connectivity index (χ0) is 28.0. The van der Waals surface area contributed by atoms with Gasteiger partial charge in [-0.25, -0.2) is 13.8 Å². The molecule has 0 radical (unpaired) electrons. The summed E-state index contributed by atoms with van der Waals surface area (Å²) in [4.78, 5) is 42.8. The fraction of sp³-hybridized carbons (Fsp3) is 0.222. The minimum absolute atomic E-state index is 0.0237. The zero-order valence-electron chi connectivity index (χ0n) is 21.1. The average Bonchev–Trinajstić information content (AvgIpc) is 3.23. The minimum atomic E-state index is -0.877. The number of fused-ring (bicyclic) bond motifs is 2. The van der Waals surface area contributed by atoms with Gasteiger partial charge in [-0.3, -0.25) is 24.3 Å². The molecule has 3 aromatic carbocycles. The number of ether oxygens (including phenoxy) is 2. The van der Waals surface area contributed by atoms with E-state index < -0.39 is 28.6 Å². The lowest BCUT2D eigenvalue weighted by Gasteiger charge is -2.27. The summed E-state index contributed by atoms with van der Waals surface area (Å²) in [6.07, 6.45) is -0.636. The number of halogens is 2. The van der Waals surface area contributed by atoms with Crippen molar-refractivity contribution in [1.29, 1.82) is 0 Å². The molecule has 200 valence electrons. The van der Waals surface area contributed by atoms with E-state index in [9.17, 15) is 28.5 Å². The van der Waals surface area contributed by atoms with E-state index in [2.05, 4.69) is 4.98 Å². The molecule has 0 saturated heterocycles. The van der Waals surface area contributed by atoms with Crippen LogP contribution in [0.25, 0.3) is 11.0 Å². The monoisotopic (exact) mass is 536 g/mol. The Labute approximate surface area is 220 Å². The Bertz CT molecular complexity index is 1650. The number of nitro benzene ring substituents is 1. The highest BCUT2D eigenvalue weighted by Crippen LogP contribution is 2.40. The number of rotatable bonds is 5. The van der Waals surface area contributed by atoms with Gasteiger partial charge in [0.15, 0.2) is 0 Å². The standard InChI is InChI=1S/C27H22F2N4O6/c1-14-30-25-20(32(14)27(35)15-4-6-18(7-5-15)33(36)37)10-16(26(34)31(2)3)11-23(25)39-21-8-9-38-22-13-17(28)12-19(29)24(21)22/h4-7,10-13,21H,8-9H2,1-3H3/t21-/m0/s1. The lowest BCUT2D eigenvalue weighted by atomic mass is 10.0. The van der Waals surface area contributed by atoms with Crippen LogP contribution < -0.4 is 9.47 Å². The van der Waals surface area contributed by atoms with E-state index in [1.165, 1.54) is 45.9 Å². The maximum Gasteiger partial charge on any atom is 0.269 e. The van der Waals surface area contributed by atoms with Gasteiger partial charge in [-0.2, -0.15) is 0 Å². The van der Waals surface area contributed by atoms with Gasteiger partial charge in [0.25, 0.3) is 17.5 Å². The molecule has 12 heteroatoms. The summed E-state index contributed by atoms with van der Waals surface area (Å²) in [5, 5.41) is 11.0. The number of amides is 1. The Balaban J connectivity index is 1.64. The molecule has 1 atom stereocenters. The van der Waals surface area contributed by atoms with Crippen molar-refractivity contribution in [3.63, 3.8) is 0 Å².